The molecule has 2 amide bonds. The van der Waals surface area contributed by atoms with E-state index < -0.39 is 75.4 Å². The zero-order valence-corrected chi connectivity index (χ0v) is 57.4. The number of anilines is 1. The molecule has 32 heteroatoms. The fraction of sp³-hybridized carbons (Fsp3) is 0.651. The zero-order chi connectivity index (χ0) is 69.2. The summed E-state index contributed by atoms with van der Waals surface area (Å²) in [7, 11) is -12.5. The molecule has 1 unspecified atom stereocenters. The summed E-state index contributed by atoms with van der Waals surface area (Å²) in [6, 6.07) is 11.6. The number of ether oxygens (including phenoxy) is 12. The van der Waals surface area contributed by atoms with E-state index in [1.165, 1.54) is 18.2 Å². The van der Waals surface area contributed by atoms with Crippen LogP contribution in [-0.2, 0) is 117 Å². The van der Waals surface area contributed by atoms with Crippen molar-refractivity contribution in [3.8, 4) is 11.3 Å². The average molecular weight is 1400 g/mol. The van der Waals surface area contributed by atoms with Crippen molar-refractivity contribution in [2.24, 2.45) is 0 Å². The number of rotatable bonds is 51. The van der Waals surface area contributed by atoms with E-state index in [0.29, 0.717) is 131 Å². The van der Waals surface area contributed by atoms with Gasteiger partial charge in [0.25, 0.3) is 11.8 Å². The van der Waals surface area contributed by atoms with Gasteiger partial charge in [0.2, 0.25) is 5.36 Å². The standard InChI is InChI=1S/C63H95N3O26S3/c1-62(2,3)54-48-51(91-57-47-50(11-13-53(54)57)64(19-8-46-94(73,74)75)20-23-81-28-31-85-36-39-89-42-41-87-34-33-83-26-25-79-5)9-6-10-58-63(4,18-7-45-93(70,71)72)55-49-52(95(76,77)78)12-14-56(55)65(58)21-24-82-29-32-86-37-40-90-44-43-88-38-35-84-30-27-80-22-17-61(69)92-66-59(67)15-16-60(66)68/h6,9-14,47-49H,7-8,15-46H2,1-5H3,(H2-,70,71,72,73,74,75,76,77,78)/p-2. The molecule has 0 N–H and O–H groups in total. The minimum atomic E-state index is -4.93. The fourth-order valence-electron chi connectivity index (χ4n) is 10.0. The first-order chi connectivity index (χ1) is 45.3. The third kappa shape index (κ3) is 30.2. The first-order valence-electron chi connectivity index (χ1n) is 31.5. The summed E-state index contributed by atoms with van der Waals surface area (Å²) in [6.45, 7) is 15.9. The number of carbonyl (C=O) groups is 3. The van der Waals surface area contributed by atoms with Gasteiger partial charge in [-0.1, -0.05) is 26.8 Å². The fourth-order valence-corrected chi connectivity index (χ4v) is 11.5. The molecule has 1 aromatic carbocycles. The molecule has 3 heterocycles. The van der Waals surface area contributed by atoms with E-state index in [9.17, 15) is 53.3 Å². The van der Waals surface area contributed by atoms with Crippen LogP contribution in [0.5, 0.6) is 0 Å². The molecule has 29 nitrogen and oxygen atoms in total. The van der Waals surface area contributed by atoms with Crippen molar-refractivity contribution in [1.29, 1.82) is 0 Å². The lowest BCUT2D eigenvalue weighted by atomic mass is 9.77. The Morgan fingerprint density at radius 2 is 1.09 bits per heavy atom. The topological polar surface area (TPSA) is 365 Å². The molecule has 0 bridgehead atoms. The monoisotopic (exact) mass is 1400 g/mol. The van der Waals surface area contributed by atoms with Crippen molar-refractivity contribution < 1.29 is 119 Å². The molecule has 0 spiro atoms. The Balaban J connectivity index is 1.18. The quantitative estimate of drug-likeness (QED) is 0.0339. The molecule has 536 valence electrons. The molecule has 1 saturated heterocycles. The van der Waals surface area contributed by atoms with E-state index in [1.54, 1.807) is 32.3 Å². The van der Waals surface area contributed by atoms with Crippen molar-refractivity contribution in [1.82, 2.24) is 9.64 Å². The van der Waals surface area contributed by atoms with E-state index in [-0.39, 0.29) is 118 Å². The Morgan fingerprint density at radius 1 is 0.611 bits per heavy atom. The van der Waals surface area contributed by atoms with Gasteiger partial charge in [0.1, 0.15) is 34.8 Å². The number of nitrogens with zero attached hydrogens (tertiary/aromatic N) is 3. The maximum atomic E-state index is 12.4. The summed E-state index contributed by atoms with van der Waals surface area (Å²) in [5, 5.41) is 1.17. The highest BCUT2D eigenvalue weighted by atomic mass is 32.2. The van der Waals surface area contributed by atoms with E-state index in [2.05, 4.69) is 20.8 Å². The highest BCUT2D eigenvalue weighted by Gasteiger charge is 2.43. The number of hydroxylamine groups is 2. The second-order valence-corrected chi connectivity index (χ2v) is 27.4. The van der Waals surface area contributed by atoms with Crippen LogP contribution in [0.15, 0.2) is 69.6 Å². The first kappa shape index (κ1) is 80.5. The molecule has 1 aromatic rings. The third-order valence-corrected chi connectivity index (χ3v) is 17.2. The number of carbonyl (C=O) groups excluding carboxylic acids is 3. The van der Waals surface area contributed by atoms with Crippen molar-refractivity contribution >= 4 is 59.9 Å². The third-order valence-electron chi connectivity index (χ3n) is 14.7. The van der Waals surface area contributed by atoms with Gasteiger partial charge in [-0.2, -0.15) is 0 Å². The number of methoxy groups -OCH3 is 1. The number of fused-ring (bicyclic) bond motifs is 2. The Morgan fingerprint density at radius 3 is 1.59 bits per heavy atom. The van der Waals surface area contributed by atoms with Crippen LogP contribution in [0.3, 0.4) is 0 Å². The average Bonchev–Trinajstić information content (AvgIpc) is 1.60. The van der Waals surface area contributed by atoms with Crippen LogP contribution in [0.4, 0.5) is 5.69 Å². The lowest BCUT2D eigenvalue weighted by molar-refractivity contribution is -0.198. The second-order valence-electron chi connectivity index (χ2n) is 23.0. The minimum absolute atomic E-state index is 0.0145. The van der Waals surface area contributed by atoms with Crippen LogP contribution >= 0.6 is 0 Å². The molecular weight excluding hydrogens is 1310 g/mol. The van der Waals surface area contributed by atoms with Gasteiger partial charge in [-0.05, 0) is 78.8 Å². The summed E-state index contributed by atoms with van der Waals surface area (Å²) in [5.74, 6) is -2.16. The molecule has 95 heavy (non-hydrogen) atoms. The van der Waals surface area contributed by atoms with Crippen LogP contribution in [-0.4, -0.2) is 252 Å². The molecule has 0 radical (unpaired) electrons. The number of hydrogen-bond donors (Lipinski definition) is 0. The maximum Gasteiger partial charge on any atom is 0.335 e. The molecule has 1 aliphatic carbocycles. The van der Waals surface area contributed by atoms with E-state index in [1.807, 2.05) is 33.7 Å². The zero-order valence-electron chi connectivity index (χ0n) is 55.0. The largest absolute Gasteiger partial charge is 0.748 e. The molecular formula is C63H93N3O26S3-2. The Hall–Kier alpha value is -5.21. The van der Waals surface area contributed by atoms with Gasteiger partial charge in [-0.25, -0.2) is 34.6 Å². The highest BCUT2D eigenvalue weighted by Crippen LogP contribution is 2.51. The van der Waals surface area contributed by atoms with Crippen molar-refractivity contribution in [3.05, 3.63) is 82.6 Å². The summed E-state index contributed by atoms with van der Waals surface area (Å²) in [4.78, 5) is 41.2. The molecule has 5 rings (SSSR count). The van der Waals surface area contributed by atoms with Crippen LogP contribution in [0.25, 0.3) is 17.4 Å². The van der Waals surface area contributed by atoms with Gasteiger partial charge < -0.3 is 84.7 Å². The van der Waals surface area contributed by atoms with Crippen molar-refractivity contribution in [3.63, 3.8) is 0 Å². The number of benzene rings is 2. The van der Waals surface area contributed by atoms with Crippen LogP contribution in [0, 0.1) is 0 Å². The number of amides is 2. The predicted octanol–water partition coefficient (Wildman–Crippen LogP) is 3.12. The van der Waals surface area contributed by atoms with Gasteiger partial charge in [-0.15, -0.1) is 5.06 Å². The van der Waals surface area contributed by atoms with E-state index in [4.69, 9.17) is 66.1 Å². The minimum Gasteiger partial charge on any atom is -0.748 e. The van der Waals surface area contributed by atoms with Gasteiger partial charge in [0.15, 0.2) is 6.54 Å². The molecule has 1 fully saturated rings. The molecule has 0 aromatic heterocycles. The normalized spacial score (nSPS) is 16.4. The van der Waals surface area contributed by atoms with E-state index in [0.717, 1.165) is 11.1 Å². The number of hydrogen-bond acceptors (Lipinski definition) is 27. The Bertz CT molecular complexity index is 3280. The maximum absolute atomic E-state index is 12.4. The molecule has 4 aliphatic rings. The summed E-state index contributed by atoms with van der Waals surface area (Å²) >= 11 is 0. The van der Waals surface area contributed by atoms with E-state index >= 15 is 0 Å². The SMILES string of the molecule is COCCOCCOCCOCCOCCOCC[N+](CCCS(=O)(=O)[O-])=c1ccc2c(C(C)(C)C)cc(/C=C/C=C3/N(CCOCCOCCOCCOCCOCCOCCC(=O)ON4C(=O)CCC4=O)c4ccc(S(=O)(=O)[O-])cc4C3(C)CCCS(=O)(=O)[O-])oc-2c1. The summed E-state index contributed by atoms with van der Waals surface area (Å²) < 4.78 is 183. The van der Waals surface area contributed by atoms with Gasteiger partial charge in [0.05, 0.1) is 183 Å². The highest BCUT2D eigenvalue weighted by molar-refractivity contribution is 7.86. The summed E-state index contributed by atoms with van der Waals surface area (Å²) in [6.07, 6.45) is 5.21. The van der Waals surface area contributed by atoms with Crippen LogP contribution in [0.1, 0.15) is 83.1 Å². The molecule has 1 atom stereocenters. The van der Waals surface area contributed by atoms with Crippen molar-refractivity contribution in [2.75, 3.05) is 195 Å². The Kier molecular flexibility index (Phi) is 35.5. The number of allylic oxidation sites excluding steroid dienone is 3. The Labute approximate surface area is 557 Å². The number of imide groups is 1. The lowest BCUT2D eigenvalue weighted by Crippen LogP contribution is -2.35. The smallest absolute Gasteiger partial charge is 0.335 e. The van der Waals surface area contributed by atoms with Gasteiger partial charge in [0, 0.05) is 72.9 Å². The van der Waals surface area contributed by atoms with Crippen LogP contribution in [0.2, 0.25) is 0 Å². The lowest BCUT2D eigenvalue weighted by Gasteiger charge is -2.30. The second kappa shape index (κ2) is 41.9. The van der Waals surface area contributed by atoms with Crippen molar-refractivity contribution in [2.45, 2.75) is 81.9 Å². The molecule has 3 aliphatic heterocycles. The first-order valence-corrected chi connectivity index (χ1v) is 36.1. The van der Waals surface area contributed by atoms with Gasteiger partial charge in [-0.3, -0.25) is 9.59 Å². The van der Waals surface area contributed by atoms with Gasteiger partial charge >= 0.3 is 5.97 Å². The summed E-state index contributed by atoms with van der Waals surface area (Å²) in [5.41, 5.74) is 1.78. The van der Waals surface area contributed by atoms with Crippen LogP contribution < -0.4 is 14.8 Å². The predicted molar refractivity (Wildman–Crippen MR) is 341 cm³/mol. The molecule has 0 saturated carbocycles.